The summed E-state index contributed by atoms with van der Waals surface area (Å²) in [6, 6.07) is 16.8. The van der Waals surface area contributed by atoms with Crippen LogP contribution < -0.4 is 14.5 Å². The summed E-state index contributed by atoms with van der Waals surface area (Å²) in [4.78, 5) is 32.6. The smallest absolute Gasteiger partial charge is 0.265 e. The van der Waals surface area contributed by atoms with Crippen molar-refractivity contribution in [1.29, 1.82) is 0 Å². The Morgan fingerprint density at radius 2 is 2.04 bits per heavy atom. The first kappa shape index (κ1) is 17.5. The van der Waals surface area contributed by atoms with Gasteiger partial charge in [0.2, 0.25) is 5.91 Å². The molecule has 0 unspecified atom stereocenters. The van der Waals surface area contributed by atoms with Crippen molar-refractivity contribution in [3.05, 3.63) is 59.1 Å². The van der Waals surface area contributed by atoms with Crippen LogP contribution in [0, 0.1) is 0 Å². The molecule has 3 aromatic rings. The van der Waals surface area contributed by atoms with Crippen LogP contribution in [0.3, 0.4) is 0 Å². The first-order valence-electron chi connectivity index (χ1n) is 8.38. The summed E-state index contributed by atoms with van der Waals surface area (Å²) in [6.07, 6.45) is 0. The Bertz CT molecular complexity index is 1050. The molecule has 1 aliphatic heterocycles. The van der Waals surface area contributed by atoms with Crippen molar-refractivity contribution < 1.29 is 14.3 Å². The standard InChI is InChI=1S/C20H16BrN3O3/c1-23(18-9-6-13-4-2-3-5-15(13)22-18)19(25)11-24-16-8-7-14(21)10-17(16)27-12-20(24)26/h2-10H,11-12H2,1H3. The van der Waals surface area contributed by atoms with E-state index in [1.807, 2.05) is 36.4 Å². The third-order valence-corrected chi connectivity index (χ3v) is 4.95. The molecule has 0 atom stereocenters. The highest BCUT2D eigenvalue weighted by molar-refractivity contribution is 9.10. The number of nitrogens with zero attached hydrogens (tertiary/aromatic N) is 3. The van der Waals surface area contributed by atoms with Crippen molar-refractivity contribution >= 4 is 50.2 Å². The molecule has 0 fully saturated rings. The molecule has 7 heteroatoms. The molecule has 1 aliphatic rings. The van der Waals surface area contributed by atoms with Crippen molar-refractivity contribution in [3.8, 4) is 5.75 Å². The fourth-order valence-electron chi connectivity index (χ4n) is 2.96. The highest BCUT2D eigenvalue weighted by Crippen LogP contribution is 2.34. The molecule has 2 amide bonds. The number of ether oxygens (including phenoxy) is 1. The van der Waals surface area contributed by atoms with Crippen LogP contribution in [0.4, 0.5) is 11.5 Å². The fraction of sp³-hybridized carbons (Fsp3) is 0.150. The van der Waals surface area contributed by atoms with E-state index in [9.17, 15) is 9.59 Å². The topological polar surface area (TPSA) is 62.7 Å². The van der Waals surface area contributed by atoms with Crippen molar-refractivity contribution in [2.24, 2.45) is 0 Å². The zero-order valence-corrected chi connectivity index (χ0v) is 16.1. The van der Waals surface area contributed by atoms with E-state index in [0.29, 0.717) is 17.3 Å². The number of benzene rings is 2. The molecule has 0 saturated heterocycles. The number of carbonyl (C=O) groups is 2. The van der Waals surface area contributed by atoms with Crippen LogP contribution in [-0.4, -0.2) is 37.0 Å². The number of amides is 2. The van der Waals surface area contributed by atoms with Gasteiger partial charge in [-0.1, -0.05) is 34.1 Å². The summed E-state index contributed by atoms with van der Waals surface area (Å²) in [5, 5.41) is 1.00. The summed E-state index contributed by atoms with van der Waals surface area (Å²) >= 11 is 3.38. The van der Waals surface area contributed by atoms with Gasteiger partial charge in [-0.3, -0.25) is 19.4 Å². The first-order chi connectivity index (χ1) is 13.0. The summed E-state index contributed by atoms with van der Waals surface area (Å²) in [5.41, 5.74) is 1.40. The van der Waals surface area contributed by atoms with Gasteiger partial charge in [-0.2, -0.15) is 0 Å². The van der Waals surface area contributed by atoms with Crippen LogP contribution >= 0.6 is 15.9 Å². The average molecular weight is 426 g/mol. The molecule has 0 radical (unpaired) electrons. The summed E-state index contributed by atoms with van der Waals surface area (Å²) in [7, 11) is 1.66. The van der Waals surface area contributed by atoms with Gasteiger partial charge >= 0.3 is 0 Å². The lowest BCUT2D eigenvalue weighted by Gasteiger charge is -2.30. The van der Waals surface area contributed by atoms with E-state index in [1.54, 1.807) is 25.2 Å². The van der Waals surface area contributed by atoms with E-state index >= 15 is 0 Å². The summed E-state index contributed by atoms with van der Waals surface area (Å²) in [6.45, 7) is -0.170. The maximum atomic E-state index is 12.8. The third kappa shape index (κ3) is 3.38. The lowest BCUT2D eigenvalue weighted by molar-refractivity contribution is -0.124. The number of carbonyl (C=O) groups excluding carboxylic acids is 2. The van der Waals surface area contributed by atoms with E-state index < -0.39 is 0 Å². The highest BCUT2D eigenvalue weighted by Gasteiger charge is 2.28. The number of hydrogen-bond acceptors (Lipinski definition) is 4. The molecular weight excluding hydrogens is 410 g/mol. The van der Waals surface area contributed by atoms with E-state index in [1.165, 1.54) is 9.80 Å². The van der Waals surface area contributed by atoms with Crippen LogP contribution in [0.25, 0.3) is 10.9 Å². The molecule has 0 N–H and O–H groups in total. The largest absolute Gasteiger partial charge is 0.482 e. The number of likely N-dealkylation sites (N-methyl/N-ethyl adjacent to an activating group) is 1. The van der Waals surface area contributed by atoms with Crippen molar-refractivity contribution in [1.82, 2.24) is 4.98 Å². The Morgan fingerprint density at radius 3 is 2.89 bits per heavy atom. The second-order valence-corrected chi connectivity index (χ2v) is 7.11. The molecule has 2 heterocycles. The van der Waals surface area contributed by atoms with Gasteiger partial charge in [0.05, 0.1) is 11.2 Å². The van der Waals surface area contributed by atoms with Gasteiger partial charge in [0, 0.05) is 16.9 Å². The summed E-state index contributed by atoms with van der Waals surface area (Å²) in [5.74, 6) is 0.624. The molecule has 0 saturated carbocycles. The van der Waals surface area contributed by atoms with E-state index in [-0.39, 0.29) is 25.0 Å². The van der Waals surface area contributed by atoms with E-state index in [2.05, 4.69) is 20.9 Å². The normalized spacial score (nSPS) is 13.3. The Morgan fingerprint density at radius 1 is 1.22 bits per heavy atom. The zero-order chi connectivity index (χ0) is 19.0. The Labute approximate surface area is 164 Å². The molecule has 0 bridgehead atoms. The predicted molar refractivity (Wildman–Crippen MR) is 107 cm³/mol. The van der Waals surface area contributed by atoms with Crippen molar-refractivity contribution in [3.63, 3.8) is 0 Å². The van der Waals surface area contributed by atoms with E-state index in [0.717, 1.165) is 15.4 Å². The number of rotatable bonds is 3. The number of pyridine rings is 1. The average Bonchev–Trinajstić information content (AvgIpc) is 2.69. The van der Waals surface area contributed by atoms with Gasteiger partial charge in [0.25, 0.3) is 5.91 Å². The Kier molecular flexibility index (Phi) is 4.53. The second kappa shape index (κ2) is 7.00. The molecule has 4 rings (SSSR count). The molecular formula is C20H16BrN3O3. The lowest BCUT2D eigenvalue weighted by Crippen LogP contribution is -2.45. The third-order valence-electron chi connectivity index (χ3n) is 4.46. The predicted octanol–water partition coefficient (Wildman–Crippen LogP) is 3.39. The van der Waals surface area contributed by atoms with Crippen LogP contribution in [0.2, 0.25) is 0 Å². The van der Waals surface area contributed by atoms with Gasteiger partial charge in [0.15, 0.2) is 6.61 Å². The van der Waals surface area contributed by atoms with Crippen LogP contribution in [0.5, 0.6) is 5.75 Å². The van der Waals surface area contributed by atoms with Crippen molar-refractivity contribution in [2.45, 2.75) is 0 Å². The number of fused-ring (bicyclic) bond motifs is 2. The SMILES string of the molecule is CN(C(=O)CN1C(=O)COc2cc(Br)ccc21)c1ccc2ccccc2n1. The van der Waals surface area contributed by atoms with Gasteiger partial charge < -0.3 is 4.74 Å². The van der Waals surface area contributed by atoms with E-state index in [4.69, 9.17) is 4.74 Å². The second-order valence-electron chi connectivity index (χ2n) is 6.20. The molecule has 2 aromatic carbocycles. The van der Waals surface area contributed by atoms with Gasteiger partial charge in [-0.05, 0) is 36.4 Å². The molecule has 0 aliphatic carbocycles. The van der Waals surface area contributed by atoms with Crippen LogP contribution in [0.15, 0.2) is 59.1 Å². The molecule has 27 heavy (non-hydrogen) atoms. The highest BCUT2D eigenvalue weighted by atomic mass is 79.9. The minimum Gasteiger partial charge on any atom is -0.482 e. The van der Waals surface area contributed by atoms with Crippen LogP contribution in [0.1, 0.15) is 0 Å². The number of halogens is 1. The molecule has 1 aromatic heterocycles. The molecule has 6 nitrogen and oxygen atoms in total. The van der Waals surface area contributed by atoms with Crippen molar-refractivity contribution in [2.75, 3.05) is 30.0 Å². The first-order valence-corrected chi connectivity index (χ1v) is 9.17. The maximum absolute atomic E-state index is 12.8. The number of anilines is 2. The van der Waals surface area contributed by atoms with Gasteiger partial charge in [0.1, 0.15) is 18.1 Å². The molecule has 136 valence electrons. The fourth-order valence-corrected chi connectivity index (χ4v) is 3.30. The van der Waals surface area contributed by atoms with Gasteiger partial charge in [-0.15, -0.1) is 0 Å². The summed E-state index contributed by atoms with van der Waals surface area (Å²) < 4.78 is 6.31. The monoisotopic (exact) mass is 425 g/mol. The minimum absolute atomic E-state index is 0.0815. The van der Waals surface area contributed by atoms with Gasteiger partial charge in [-0.25, -0.2) is 4.98 Å². The minimum atomic E-state index is -0.252. The zero-order valence-electron chi connectivity index (χ0n) is 14.6. The van der Waals surface area contributed by atoms with Crippen LogP contribution in [-0.2, 0) is 9.59 Å². The number of aromatic nitrogens is 1. The Hall–Kier alpha value is -2.93. The lowest BCUT2D eigenvalue weighted by atomic mass is 10.2. The quantitative estimate of drug-likeness (QED) is 0.644. The number of hydrogen-bond donors (Lipinski definition) is 0. The number of para-hydroxylation sites is 1. The molecule has 0 spiro atoms. The Balaban J connectivity index is 1.58. The maximum Gasteiger partial charge on any atom is 0.265 e.